The minimum atomic E-state index is -0.376. The van der Waals surface area contributed by atoms with Crippen LogP contribution in [-0.4, -0.2) is 40.4 Å². The molecule has 1 aromatic carbocycles. The van der Waals surface area contributed by atoms with Crippen molar-refractivity contribution in [3.05, 3.63) is 35.4 Å². The summed E-state index contributed by atoms with van der Waals surface area (Å²) in [6, 6.07) is 7.26. The van der Waals surface area contributed by atoms with Gasteiger partial charge in [0.1, 0.15) is 6.04 Å². The van der Waals surface area contributed by atoms with Crippen molar-refractivity contribution in [2.24, 2.45) is 5.92 Å². The van der Waals surface area contributed by atoms with Gasteiger partial charge in [-0.3, -0.25) is 9.59 Å². The van der Waals surface area contributed by atoms with Gasteiger partial charge in [-0.15, -0.1) is 11.8 Å². The Bertz CT molecular complexity index is 603. The highest BCUT2D eigenvalue weighted by atomic mass is 32.2. The van der Waals surface area contributed by atoms with Crippen molar-refractivity contribution in [1.82, 2.24) is 10.2 Å². The summed E-state index contributed by atoms with van der Waals surface area (Å²) in [6.07, 6.45) is 2.91. The monoisotopic (exact) mass is 362 g/mol. The van der Waals surface area contributed by atoms with Gasteiger partial charge in [-0.1, -0.05) is 44.9 Å². The molecule has 1 N–H and O–H groups in total. The van der Waals surface area contributed by atoms with Crippen LogP contribution in [0.3, 0.4) is 0 Å². The highest BCUT2D eigenvalue weighted by molar-refractivity contribution is 8.00. The van der Waals surface area contributed by atoms with Crippen LogP contribution in [0.25, 0.3) is 0 Å². The Morgan fingerprint density at radius 2 is 2.12 bits per heavy atom. The molecule has 25 heavy (non-hydrogen) atoms. The van der Waals surface area contributed by atoms with Crippen molar-refractivity contribution in [2.45, 2.75) is 58.4 Å². The highest BCUT2D eigenvalue weighted by Crippen LogP contribution is 2.34. The normalized spacial score (nSPS) is 20.1. The molecule has 1 heterocycles. The van der Waals surface area contributed by atoms with Gasteiger partial charge in [0.25, 0.3) is 5.91 Å². The zero-order valence-electron chi connectivity index (χ0n) is 15.7. The summed E-state index contributed by atoms with van der Waals surface area (Å²) in [5.41, 5.74) is 1.73. The standard InChI is InChI=1S/C20H30N2O2S/c1-5-6-10-21-19(23)17-13-25-18(11-14(2)3)22(17)20(24)16-9-7-8-15(4)12-16/h7-9,12,14,17-18H,5-6,10-11,13H2,1-4H3,(H,21,23). The third-order valence-corrected chi connectivity index (χ3v) is 5.71. The molecule has 1 aromatic rings. The molecule has 2 amide bonds. The molecular formula is C20H30N2O2S. The van der Waals surface area contributed by atoms with E-state index in [0.29, 0.717) is 23.8 Å². The number of nitrogens with one attached hydrogen (secondary N) is 1. The highest BCUT2D eigenvalue weighted by Gasteiger charge is 2.41. The Labute approximate surface area is 155 Å². The Morgan fingerprint density at radius 3 is 2.76 bits per heavy atom. The molecule has 2 atom stereocenters. The predicted octanol–water partition coefficient (Wildman–Crippen LogP) is 3.84. The van der Waals surface area contributed by atoms with E-state index in [1.54, 1.807) is 11.8 Å². The van der Waals surface area contributed by atoms with Crippen molar-refractivity contribution >= 4 is 23.6 Å². The zero-order valence-corrected chi connectivity index (χ0v) is 16.6. The SMILES string of the molecule is CCCCNC(=O)C1CSC(CC(C)C)N1C(=O)c1cccc(C)c1. The summed E-state index contributed by atoms with van der Waals surface area (Å²) in [7, 11) is 0. The first-order chi connectivity index (χ1) is 11.9. The van der Waals surface area contributed by atoms with Gasteiger partial charge < -0.3 is 10.2 Å². The van der Waals surface area contributed by atoms with E-state index in [9.17, 15) is 9.59 Å². The molecule has 0 aromatic heterocycles. The number of amides is 2. The van der Waals surface area contributed by atoms with Gasteiger partial charge in [0.15, 0.2) is 0 Å². The van der Waals surface area contributed by atoms with Gasteiger partial charge in [-0.25, -0.2) is 0 Å². The summed E-state index contributed by atoms with van der Waals surface area (Å²) >= 11 is 1.73. The topological polar surface area (TPSA) is 49.4 Å². The number of nitrogens with zero attached hydrogens (tertiary/aromatic N) is 1. The van der Waals surface area contributed by atoms with Crippen LogP contribution in [0.5, 0.6) is 0 Å². The molecule has 0 saturated carbocycles. The molecule has 5 heteroatoms. The number of hydrogen-bond donors (Lipinski definition) is 1. The number of thioether (sulfide) groups is 1. The first-order valence-corrected chi connectivity index (χ1v) is 10.3. The van der Waals surface area contributed by atoms with Crippen molar-refractivity contribution in [3.8, 4) is 0 Å². The Hall–Kier alpha value is -1.49. The van der Waals surface area contributed by atoms with E-state index < -0.39 is 0 Å². The summed E-state index contributed by atoms with van der Waals surface area (Å²) in [4.78, 5) is 27.6. The largest absolute Gasteiger partial charge is 0.354 e. The van der Waals surface area contributed by atoms with E-state index in [2.05, 4.69) is 26.1 Å². The fourth-order valence-corrected chi connectivity index (χ4v) is 4.70. The van der Waals surface area contributed by atoms with Gasteiger partial charge in [0, 0.05) is 17.9 Å². The molecule has 138 valence electrons. The first kappa shape index (κ1) is 19.8. The van der Waals surface area contributed by atoms with E-state index in [1.165, 1.54) is 0 Å². The second-order valence-corrected chi connectivity index (χ2v) is 8.37. The number of unbranched alkanes of at least 4 members (excludes halogenated alkanes) is 1. The molecule has 1 saturated heterocycles. The second kappa shape index (κ2) is 9.27. The lowest BCUT2D eigenvalue weighted by Crippen LogP contribution is -2.50. The van der Waals surface area contributed by atoms with Crippen LogP contribution in [0.15, 0.2) is 24.3 Å². The van der Waals surface area contributed by atoms with Gasteiger partial charge in [-0.2, -0.15) is 0 Å². The minimum absolute atomic E-state index is 0.0202. The molecular weight excluding hydrogens is 332 g/mol. The van der Waals surface area contributed by atoms with Crippen molar-refractivity contribution < 1.29 is 9.59 Å². The number of aryl methyl sites for hydroxylation is 1. The summed E-state index contributed by atoms with van der Waals surface area (Å²) in [5.74, 6) is 1.10. The Kier molecular flexibility index (Phi) is 7.36. The summed E-state index contributed by atoms with van der Waals surface area (Å²) in [6.45, 7) is 9.08. The fraction of sp³-hybridized carbons (Fsp3) is 0.600. The van der Waals surface area contributed by atoms with Crippen LogP contribution in [-0.2, 0) is 4.79 Å². The van der Waals surface area contributed by atoms with E-state index in [0.717, 1.165) is 24.8 Å². The van der Waals surface area contributed by atoms with Crippen LogP contribution in [0, 0.1) is 12.8 Å². The number of rotatable bonds is 7. The van der Waals surface area contributed by atoms with Crippen molar-refractivity contribution in [1.29, 1.82) is 0 Å². The van der Waals surface area contributed by atoms with Crippen LogP contribution >= 0.6 is 11.8 Å². The van der Waals surface area contributed by atoms with Crippen molar-refractivity contribution in [2.75, 3.05) is 12.3 Å². The molecule has 0 bridgehead atoms. The van der Waals surface area contributed by atoms with E-state index >= 15 is 0 Å². The third kappa shape index (κ3) is 5.24. The minimum Gasteiger partial charge on any atom is -0.354 e. The molecule has 2 unspecified atom stereocenters. The zero-order chi connectivity index (χ0) is 18.4. The lowest BCUT2D eigenvalue weighted by atomic mass is 10.1. The molecule has 2 rings (SSSR count). The quantitative estimate of drug-likeness (QED) is 0.750. The maximum Gasteiger partial charge on any atom is 0.255 e. The summed E-state index contributed by atoms with van der Waals surface area (Å²) in [5, 5.41) is 3.07. The smallest absolute Gasteiger partial charge is 0.255 e. The maximum absolute atomic E-state index is 13.2. The molecule has 1 fully saturated rings. The summed E-state index contributed by atoms with van der Waals surface area (Å²) < 4.78 is 0. The van der Waals surface area contributed by atoms with Crippen LogP contribution in [0.2, 0.25) is 0 Å². The fourth-order valence-electron chi connectivity index (χ4n) is 3.06. The molecule has 1 aliphatic rings. The third-order valence-electron chi connectivity index (χ3n) is 4.40. The van der Waals surface area contributed by atoms with Gasteiger partial charge in [0.2, 0.25) is 5.91 Å². The van der Waals surface area contributed by atoms with E-state index in [1.807, 2.05) is 36.1 Å². The average molecular weight is 363 g/mol. The van der Waals surface area contributed by atoms with Crippen LogP contribution in [0.1, 0.15) is 56.0 Å². The van der Waals surface area contributed by atoms with Gasteiger partial charge in [0.05, 0.1) is 5.37 Å². The predicted molar refractivity (Wildman–Crippen MR) is 105 cm³/mol. The van der Waals surface area contributed by atoms with E-state index in [-0.39, 0.29) is 23.2 Å². The maximum atomic E-state index is 13.2. The Morgan fingerprint density at radius 1 is 1.36 bits per heavy atom. The molecule has 0 radical (unpaired) electrons. The van der Waals surface area contributed by atoms with Gasteiger partial charge >= 0.3 is 0 Å². The van der Waals surface area contributed by atoms with Gasteiger partial charge in [-0.05, 0) is 37.8 Å². The Balaban J connectivity index is 2.21. The lowest BCUT2D eigenvalue weighted by Gasteiger charge is -2.30. The number of carbonyl (C=O) groups excluding carboxylic acids is 2. The van der Waals surface area contributed by atoms with Crippen LogP contribution in [0.4, 0.5) is 0 Å². The number of benzene rings is 1. The van der Waals surface area contributed by atoms with E-state index in [4.69, 9.17) is 0 Å². The molecule has 0 aliphatic carbocycles. The van der Waals surface area contributed by atoms with Crippen molar-refractivity contribution in [3.63, 3.8) is 0 Å². The molecule has 4 nitrogen and oxygen atoms in total. The lowest BCUT2D eigenvalue weighted by molar-refractivity contribution is -0.124. The van der Waals surface area contributed by atoms with Crippen LogP contribution < -0.4 is 5.32 Å². The second-order valence-electron chi connectivity index (χ2n) is 7.16. The molecule has 0 spiro atoms. The number of hydrogen-bond acceptors (Lipinski definition) is 3. The molecule has 1 aliphatic heterocycles. The first-order valence-electron chi connectivity index (χ1n) is 9.22. The number of carbonyl (C=O) groups is 2. The average Bonchev–Trinajstić information content (AvgIpc) is 2.97.